The molecule has 1 saturated heterocycles. The molecule has 0 atom stereocenters. The van der Waals surface area contributed by atoms with E-state index in [0.717, 1.165) is 55.6 Å². The predicted molar refractivity (Wildman–Crippen MR) is 109 cm³/mol. The van der Waals surface area contributed by atoms with Crippen LogP contribution in [-0.2, 0) is 0 Å². The molecule has 0 unspecified atom stereocenters. The molecule has 8 heteroatoms. The van der Waals surface area contributed by atoms with Crippen molar-refractivity contribution in [3.05, 3.63) is 42.6 Å². The van der Waals surface area contributed by atoms with E-state index in [1.165, 1.54) is 6.42 Å². The molecule has 0 bridgehead atoms. The molecule has 0 amide bonds. The third-order valence-electron chi connectivity index (χ3n) is 5.64. The summed E-state index contributed by atoms with van der Waals surface area (Å²) < 4.78 is 6.08. The summed E-state index contributed by atoms with van der Waals surface area (Å²) >= 11 is 0. The van der Waals surface area contributed by atoms with Crippen LogP contribution in [0.4, 0.5) is 11.5 Å². The van der Waals surface area contributed by atoms with Gasteiger partial charge in [0.2, 0.25) is 5.88 Å². The Balaban J connectivity index is 1.35. The van der Waals surface area contributed by atoms with Gasteiger partial charge in [0, 0.05) is 44.3 Å². The Hall–Kier alpha value is -3.47. The molecule has 0 spiro atoms. The summed E-state index contributed by atoms with van der Waals surface area (Å²) in [6.07, 6.45) is 8.46. The van der Waals surface area contributed by atoms with E-state index in [1.807, 2.05) is 6.07 Å². The van der Waals surface area contributed by atoms with Crippen LogP contribution in [0.1, 0.15) is 25.0 Å². The maximum atomic E-state index is 9.28. The first-order chi connectivity index (χ1) is 14.3. The maximum Gasteiger partial charge on any atom is 0.224 e. The van der Waals surface area contributed by atoms with E-state index < -0.39 is 0 Å². The first kappa shape index (κ1) is 17.6. The van der Waals surface area contributed by atoms with Crippen molar-refractivity contribution >= 4 is 22.4 Å². The summed E-state index contributed by atoms with van der Waals surface area (Å²) in [6, 6.07) is 8.39. The molecule has 3 heterocycles. The first-order valence-corrected chi connectivity index (χ1v) is 9.94. The maximum absolute atomic E-state index is 9.28. The second kappa shape index (κ2) is 7.51. The minimum absolute atomic E-state index is 0.279. The van der Waals surface area contributed by atoms with Crippen molar-refractivity contribution in [1.82, 2.24) is 19.9 Å². The Morgan fingerprint density at radius 1 is 0.966 bits per heavy atom. The Bertz CT molecular complexity index is 1070. The summed E-state index contributed by atoms with van der Waals surface area (Å²) in [5.74, 6) is 1.34. The number of aromatic nitrogens is 4. The van der Waals surface area contributed by atoms with Crippen molar-refractivity contribution < 1.29 is 4.74 Å². The largest absolute Gasteiger partial charge is 0.474 e. The molecular weight excluding hydrogens is 366 g/mol. The second-order valence-corrected chi connectivity index (χ2v) is 7.37. The lowest BCUT2D eigenvalue weighted by Crippen LogP contribution is -2.47. The topological polar surface area (TPSA) is 91.1 Å². The van der Waals surface area contributed by atoms with Gasteiger partial charge in [-0.15, -0.1) is 0 Å². The van der Waals surface area contributed by atoms with Crippen molar-refractivity contribution in [3.63, 3.8) is 0 Å². The van der Waals surface area contributed by atoms with Crippen LogP contribution < -0.4 is 14.5 Å². The zero-order valence-electron chi connectivity index (χ0n) is 16.0. The summed E-state index contributed by atoms with van der Waals surface area (Å²) in [5, 5.41) is 10.2. The van der Waals surface area contributed by atoms with Gasteiger partial charge in [0.1, 0.15) is 18.5 Å². The standard InChI is InChI=1S/C21H21N7O/c22-13-19-20(24-7-6-23-19)28-10-8-27(9-11-28)15-4-5-18-17(12-15)21(26-14-25-18)29-16-2-1-3-16/h4-7,12,14,16H,1-3,8-11H2. The smallest absolute Gasteiger partial charge is 0.224 e. The number of ether oxygens (including phenoxy) is 1. The van der Waals surface area contributed by atoms with E-state index in [4.69, 9.17) is 4.74 Å². The van der Waals surface area contributed by atoms with Crippen LogP contribution in [0.25, 0.3) is 10.9 Å². The number of anilines is 2. The van der Waals surface area contributed by atoms with Crippen molar-refractivity contribution in [1.29, 1.82) is 5.26 Å². The Labute approximate surface area is 168 Å². The summed E-state index contributed by atoms with van der Waals surface area (Å²) in [4.78, 5) is 21.7. The quantitative estimate of drug-likeness (QED) is 0.675. The number of fused-ring (bicyclic) bond motifs is 1. The van der Waals surface area contributed by atoms with Crippen LogP contribution in [0.2, 0.25) is 0 Å². The van der Waals surface area contributed by atoms with Gasteiger partial charge >= 0.3 is 0 Å². The van der Waals surface area contributed by atoms with Crippen LogP contribution in [0.15, 0.2) is 36.9 Å². The fraction of sp³-hybridized carbons (Fsp3) is 0.381. The highest BCUT2D eigenvalue weighted by molar-refractivity contribution is 5.86. The molecule has 2 aromatic heterocycles. The van der Waals surface area contributed by atoms with Crippen molar-refractivity contribution in [2.75, 3.05) is 36.0 Å². The first-order valence-electron chi connectivity index (χ1n) is 9.94. The lowest BCUT2D eigenvalue weighted by Gasteiger charge is -2.36. The monoisotopic (exact) mass is 387 g/mol. The van der Waals surface area contributed by atoms with Crippen LogP contribution in [0.5, 0.6) is 5.88 Å². The van der Waals surface area contributed by atoms with E-state index in [1.54, 1.807) is 18.7 Å². The van der Waals surface area contributed by atoms with Crippen LogP contribution in [-0.4, -0.2) is 52.2 Å². The third-order valence-corrected chi connectivity index (χ3v) is 5.64. The molecule has 2 aliphatic rings. The molecule has 146 valence electrons. The van der Waals surface area contributed by atoms with Crippen molar-refractivity contribution in [2.24, 2.45) is 0 Å². The lowest BCUT2D eigenvalue weighted by atomic mass is 9.96. The minimum Gasteiger partial charge on any atom is -0.474 e. The molecule has 1 aliphatic carbocycles. The van der Waals surface area contributed by atoms with E-state index >= 15 is 0 Å². The van der Waals surface area contributed by atoms with Gasteiger partial charge in [-0.1, -0.05) is 0 Å². The van der Waals surface area contributed by atoms with Gasteiger partial charge < -0.3 is 14.5 Å². The minimum atomic E-state index is 0.279. The van der Waals surface area contributed by atoms with E-state index in [2.05, 4.69) is 47.9 Å². The zero-order valence-corrected chi connectivity index (χ0v) is 16.0. The van der Waals surface area contributed by atoms with E-state index in [-0.39, 0.29) is 6.10 Å². The Morgan fingerprint density at radius 3 is 2.52 bits per heavy atom. The van der Waals surface area contributed by atoms with Crippen LogP contribution in [0.3, 0.4) is 0 Å². The normalized spacial score (nSPS) is 17.1. The highest BCUT2D eigenvalue weighted by Crippen LogP contribution is 2.31. The van der Waals surface area contributed by atoms with Crippen LogP contribution >= 0.6 is 0 Å². The number of rotatable bonds is 4. The van der Waals surface area contributed by atoms with Gasteiger partial charge in [0.05, 0.1) is 10.9 Å². The molecular formula is C21H21N7O. The Morgan fingerprint density at radius 2 is 1.76 bits per heavy atom. The van der Waals surface area contributed by atoms with Crippen molar-refractivity contribution in [3.8, 4) is 11.9 Å². The van der Waals surface area contributed by atoms with Crippen molar-refractivity contribution in [2.45, 2.75) is 25.4 Å². The number of benzene rings is 1. The molecule has 1 aromatic carbocycles. The van der Waals surface area contributed by atoms with Gasteiger partial charge in [-0.25, -0.2) is 19.9 Å². The van der Waals surface area contributed by atoms with Gasteiger partial charge in [0.25, 0.3) is 0 Å². The molecule has 3 aromatic rings. The number of hydrogen-bond acceptors (Lipinski definition) is 8. The molecule has 1 saturated carbocycles. The number of nitriles is 1. The van der Waals surface area contributed by atoms with E-state index in [9.17, 15) is 5.26 Å². The lowest BCUT2D eigenvalue weighted by molar-refractivity contribution is 0.116. The molecule has 2 fully saturated rings. The SMILES string of the molecule is N#Cc1nccnc1N1CCN(c2ccc3ncnc(OC4CCC4)c3c2)CC1. The molecule has 5 rings (SSSR count). The fourth-order valence-electron chi connectivity index (χ4n) is 3.78. The average Bonchev–Trinajstić information content (AvgIpc) is 2.76. The zero-order chi connectivity index (χ0) is 19.6. The average molecular weight is 387 g/mol. The molecule has 1 aliphatic heterocycles. The highest BCUT2D eigenvalue weighted by Gasteiger charge is 2.23. The molecule has 0 N–H and O–H groups in total. The van der Waals surface area contributed by atoms with Crippen LogP contribution in [0, 0.1) is 11.3 Å². The Kier molecular flexibility index (Phi) is 4.56. The second-order valence-electron chi connectivity index (χ2n) is 7.37. The third kappa shape index (κ3) is 3.40. The van der Waals surface area contributed by atoms with Gasteiger partial charge in [-0.05, 0) is 37.5 Å². The van der Waals surface area contributed by atoms with Gasteiger partial charge in [0.15, 0.2) is 11.5 Å². The number of nitrogens with zero attached hydrogens (tertiary/aromatic N) is 7. The highest BCUT2D eigenvalue weighted by atomic mass is 16.5. The van der Waals surface area contributed by atoms with Gasteiger partial charge in [-0.3, -0.25) is 0 Å². The fourth-order valence-corrected chi connectivity index (χ4v) is 3.78. The molecule has 0 radical (unpaired) electrons. The van der Waals surface area contributed by atoms with E-state index in [0.29, 0.717) is 17.4 Å². The van der Waals surface area contributed by atoms with Gasteiger partial charge in [-0.2, -0.15) is 5.26 Å². The summed E-state index contributed by atoms with van der Waals surface area (Å²) in [7, 11) is 0. The molecule has 8 nitrogen and oxygen atoms in total. The number of piperazine rings is 1. The summed E-state index contributed by atoms with van der Waals surface area (Å²) in [5.41, 5.74) is 2.40. The molecule has 29 heavy (non-hydrogen) atoms. The predicted octanol–water partition coefficient (Wildman–Crippen LogP) is 2.55. The number of hydrogen-bond donors (Lipinski definition) is 0. The summed E-state index contributed by atoms with van der Waals surface area (Å²) in [6.45, 7) is 3.23.